The van der Waals surface area contributed by atoms with E-state index >= 15 is 0 Å². The van der Waals surface area contributed by atoms with E-state index in [1.165, 1.54) is 6.33 Å². The summed E-state index contributed by atoms with van der Waals surface area (Å²) in [6.45, 7) is 1.86. The molecule has 28 heavy (non-hydrogen) atoms. The molecule has 7 nitrogen and oxygen atoms in total. The van der Waals surface area contributed by atoms with Gasteiger partial charge in [0.15, 0.2) is 11.9 Å². The summed E-state index contributed by atoms with van der Waals surface area (Å²) in [5, 5.41) is 5.79. The van der Waals surface area contributed by atoms with E-state index in [1.807, 2.05) is 31.2 Å². The molecule has 142 valence electrons. The Morgan fingerprint density at radius 2 is 1.89 bits per heavy atom. The highest BCUT2D eigenvalue weighted by Crippen LogP contribution is 2.40. The maximum Gasteiger partial charge on any atom is 0.191 e. The molecule has 4 rings (SSSR count). The summed E-state index contributed by atoms with van der Waals surface area (Å²) in [5.74, 6) is 1.41. The molecule has 0 saturated heterocycles. The van der Waals surface area contributed by atoms with Crippen LogP contribution in [0, 0.1) is 0 Å². The van der Waals surface area contributed by atoms with E-state index in [4.69, 9.17) is 33.7 Å². The third-order valence-electron chi connectivity index (χ3n) is 4.31. The molecule has 2 N–H and O–H groups in total. The van der Waals surface area contributed by atoms with Crippen molar-refractivity contribution in [2.45, 2.75) is 13.0 Å². The predicted octanol–water partition coefficient (Wildman–Crippen LogP) is 4.45. The van der Waals surface area contributed by atoms with E-state index in [0.717, 1.165) is 11.1 Å². The number of nitrogens with zero attached hydrogens (tertiary/aromatic N) is 5. The van der Waals surface area contributed by atoms with Crippen molar-refractivity contribution in [3.8, 4) is 16.9 Å². The number of rotatable bonds is 4. The number of anilines is 1. The van der Waals surface area contributed by atoms with Crippen molar-refractivity contribution in [3.63, 3.8) is 0 Å². The summed E-state index contributed by atoms with van der Waals surface area (Å²) in [6.07, 6.45) is 2.65. The molecule has 2 aromatic heterocycles. The number of hydrogen-bond acceptors (Lipinski definition) is 6. The number of nitrogens with two attached hydrogens (primary N) is 1. The number of hydrogen-bond donors (Lipinski definition) is 1. The molecule has 0 bridgehead atoms. The van der Waals surface area contributed by atoms with Gasteiger partial charge in [0.2, 0.25) is 0 Å². The van der Waals surface area contributed by atoms with Crippen LogP contribution in [0.4, 0.5) is 5.82 Å². The summed E-state index contributed by atoms with van der Waals surface area (Å²) in [7, 11) is 1.80. The molecule has 9 heteroatoms. The molecular formula is C19H16Cl2N6O. The fourth-order valence-electron chi connectivity index (χ4n) is 2.98. The molecule has 2 heterocycles. The highest BCUT2D eigenvalue weighted by atomic mass is 35.5. The predicted molar refractivity (Wildman–Crippen MR) is 109 cm³/mol. The zero-order valence-electron chi connectivity index (χ0n) is 15.1. The Morgan fingerprint density at radius 1 is 1.07 bits per heavy atom. The lowest BCUT2D eigenvalue weighted by Crippen LogP contribution is -2.07. The van der Waals surface area contributed by atoms with E-state index in [0.29, 0.717) is 38.3 Å². The normalized spacial score (nSPS) is 12.3. The van der Waals surface area contributed by atoms with Gasteiger partial charge in [-0.1, -0.05) is 35.3 Å². The second-order valence-corrected chi connectivity index (χ2v) is 7.02. The lowest BCUT2D eigenvalue weighted by atomic mass is 10.0. The van der Waals surface area contributed by atoms with Gasteiger partial charge in [0.05, 0.1) is 20.9 Å². The summed E-state index contributed by atoms with van der Waals surface area (Å²) >= 11 is 12.6. The molecule has 4 aromatic rings. The van der Waals surface area contributed by atoms with Gasteiger partial charge in [-0.2, -0.15) is 5.10 Å². The molecule has 2 aromatic carbocycles. The van der Waals surface area contributed by atoms with Crippen molar-refractivity contribution < 1.29 is 4.74 Å². The molecule has 0 fully saturated rings. The van der Waals surface area contributed by atoms with Gasteiger partial charge < -0.3 is 10.5 Å². The third kappa shape index (κ3) is 3.23. The number of aromatic nitrogens is 5. The van der Waals surface area contributed by atoms with Crippen molar-refractivity contribution in [3.05, 3.63) is 58.9 Å². The second-order valence-electron chi connectivity index (χ2n) is 6.23. The maximum absolute atomic E-state index is 6.42. The first-order valence-corrected chi connectivity index (χ1v) is 9.21. The largest absolute Gasteiger partial charge is 0.482 e. The van der Waals surface area contributed by atoms with Crippen LogP contribution in [0.15, 0.2) is 43.0 Å². The summed E-state index contributed by atoms with van der Waals surface area (Å²) in [4.78, 5) is 12.8. The van der Waals surface area contributed by atoms with Gasteiger partial charge in [0, 0.05) is 18.2 Å². The summed E-state index contributed by atoms with van der Waals surface area (Å²) in [6, 6.07) is 9.13. The fourth-order valence-corrected chi connectivity index (χ4v) is 3.38. The lowest BCUT2D eigenvalue weighted by Gasteiger charge is -2.16. The van der Waals surface area contributed by atoms with Crippen LogP contribution in [0.25, 0.3) is 22.0 Å². The molecule has 0 aliphatic carbocycles. The molecule has 0 radical (unpaired) electrons. The Kier molecular flexibility index (Phi) is 4.78. The molecule has 0 amide bonds. The highest BCUT2D eigenvalue weighted by Gasteiger charge is 2.19. The average Bonchev–Trinajstić information content (AvgIpc) is 3.11. The highest BCUT2D eigenvalue weighted by molar-refractivity contribution is 6.44. The van der Waals surface area contributed by atoms with E-state index in [9.17, 15) is 0 Å². The molecular weight excluding hydrogens is 399 g/mol. The van der Waals surface area contributed by atoms with Crippen molar-refractivity contribution in [2.75, 3.05) is 5.73 Å². The Hall–Kier alpha value is -2.90. The fraction of sp³-hybridized carbons (Fsp3) is 0.158. The van der Waals surface area contributed by atoms with E-state index in [1.54, 1.807) is 24.1 Å². The van der Waals surface area contributed by atoms with Gasteiger partial charge in [0.25, 0.3) is 0 Å². The van der Waals surface area contributed by atoms with Crippen LogP contribution in [-0.2, 0) is 7.05 Å². The monoisotopic (exact) mass is 414 g/mol. The van der Waals surface area contributed by atoms with Crippen LogP contribution >= 0.6 is 23.2 Å². The van der Waals surface area contributed by atoms with Crippen LogP contribution in [0.1, 0.15) is 18.9 Å². The maximum atomic E-state index is 6.42. The van der Waals surface area contributed by atoms with Gasteiger partial charge in [0.1, 0.15) is 24.2 Å². The topological polar surface area (TPSA) is 91.7 Å². The molecule has 0 saturated carbocycles. The van der Waals surface area contributed by atoms with Crippen molar-refractivity contribution in [1.82, 2.24) is 24.7 Å². The van der Waals surface area contributed by atoms with Crippen LogP contribution in [0.2, 0.25) is 10.0 Å². The van der Waals surface area contributed by atoms with Crippen molar-refractivity contribution in [2.24, 2.45) is 7.05 Å². The number of aryl methyl sites for hydroxylation is 1. The van der Waals surface area contributed by atoms with Crippen molar-refractivity contribution in [1.29, 1.82) is 0 Å². The second kappa shape index (κ2) is 7.26. The molecule has 0 spiro atoms. The Bertz CT molecular complexity index is 1180. The summed E-state index contributed by atoms with van der Waals surface area (Å²) in [5.41, 5.74) is 8.32. The number of halogens is 2. The van der Waals surface area contributed by atoms with Crippen LogP contribution in [-0.4, -0.2) is 24.7 Å². The van der Waals surface area contributed by atoms with E-state index < -0.39 is 0 Å². The zero-order valence-corrected chi connectivity index (χ0v) is 16.6. The third-order valence-corrected chi connectivity index (χ3v) is 5.12. The Balaban J connectivity index is 1.85. The van der Waals surface area contributed by atoms with E-state index in [-0.39, 0.29) is 6.10 Å². The average molecular weight is 415 g/mol. The molecule has 1 unspecified atom stereocenters. The van der Waals surface area contributed by atoms with Gasteiger partial charge in [-0.05, 0) is 25.1 Å². The van der Waals surface area contributed by atoms with E-state index in [2.05, 4.69) is 20.1 Å². The first kappa shape index (κ1) is 18.5. The van der Waals surface area contributed by atoms with Gasteiger partial charge >= 0.3 is 0 Å². The quantitative estimate of drug-likeness (QED) is 0.529. The smallest absolute Gasteiger partial charge is 0.191 e. The first-order valence-electron chi connectivity index (χ1n) is 8.45. The first-order chi connectivity index (χ1) is 13.5. The Labute approximate surface area is 171 Å². The van der Waals surface area contributed by atoms with Crippen molar-refractivity contribution >= 4 is 39.9 Å². The SMILES string of the molecule is CC(Oc1ccc(-c2cccc(Cl)c2Cl)c2ncnc(N)c12)c1ncn(C)n1. The number of ether oxygens (including phenoxy) is 1. The van der Waals surface area contributed by atoms with Gasteiger partial charge in [-0.15, -0.1) is 0 Å². The van der Waals surface area contributed by atoms with Gasteiger partial charge in [-0.25, -0.2) is 15.0 Å². The number of benzene rings is 2. The lowest BCUT2D eigenvalue weighted by molar-refractivity contribution is 0.219. The Morgan fingerprint density at radius 3 is 2.64 bits per heavy atom. The van der Waals surface area contributed by atoms with Crippen LogP contribution < -0.4 is 10.5 Å². The molecule has 1 atom stereocenters. The van der Waals surface area contributed by atoms with Gasteiger partial charge in [-0.3, -0.25) is 4.68 Å². The minimum absolute atomic E-state index is 0.307. The van der Waals surface area contributed by atoms with Crippen LogP contribution in [0.3, 0.4) is 0 Å². The standard InChI is InChI=1S/C19H16Cl2N6O/c1-10(19-25-9-27(2)26-19)28-14-7-6-12(11-4-3-5-13(20)16(11)21)17-15(14)18(22)24-8-23-17/h3-10H,1-2H3,(H2,22,23,24). The summed E-state index contributed by atoms with van der Waals surface area (Å²) < 4.78 is 7.72. The number of nitrogen functional groups attached to an aromatic ring is 1. The minimum Gasteiger partial charge on any atom is -0.482 e. The minimum atomic E-state index is -0.385. The van der Waals surface area contributed by atoms with Crippen LogP contribution in [0.5, 0.6) is 5.75 Å². The number of fused-ring (bicyclic) bond motifs is 1. The molecule has 0 aliphatic heterocycles. The molecule has 0 aliphatic rings. The zero-order chi connectivity index (χ0) is 19.8.